The number of ether oxygens (including phenoxy) is 1. The van der Waals surface area contributed by atoms with Gasteiger partial charge in [-0.2, -0.15) is 0 Å². The third-order valence-corrected chi connectivity index (χ3v) is 5.74. The molecule has 0 fully saturated rings. The molecule has 3 aromatic rings. The van der Waals surface area contributed by atoms with E-state index in [-0.39, 0.29) is 30.8 Å². The van der Waals surface area contributed by atoms with Crippen molar-refractivity contribution < 1.29 is 18.7 Å². The zero-order chi connectivity index (χ0) is 25.4. The third-order valence-electron chi connectivity index (χ3n) is 5.21. The topological polar surface area (TPSA) is 58.6 Å². The summed E-state index contributed by atoms with van der Waals surface area (Å²) in [6, 6.07) is 21.9. The number of carbonyl (C=O) groups is 2. The van der Waals surface area contributed by atoms with Crippen LogP contribution in [0.4, 0.5) is 4.39 Å². The molecule has 0 aliphatic heterocycles. The summed E-state index contributed by atoms with van der Waals surface area (Å²) < 4.78 is 20.1. The van der Waals surface area contributed by atoms with Crippen LogP contribution in [-0.4, -0.2) is 34.9 Å². The van der Waals surface area contributed by atoms with Crippen LogP contribution >= 0.6 is 15.9 Å². The van der Waals surface area contributed by atoms with Gasteiger partial charge in [0.05, 0.1) is 0 Å². The largest absolute Gasteiger partial charge is 0.484 e. The van der Waals surface area contributed by atoms with Crippen LogP contribution in [0.1, 0.15) is 31.9 Å². The standard InChI is InChI=1S/C28H30BrFN2O3/c1-28(2,3)31-27(34)25(17-20-7-5-4-6-8-20)32(18-21-9-13-23(30)14-10-21)26(33)19-35-24-15-11-22(29)12-16-24/h4-16,25H,17-19H2,1-3H3,(H,31,34). The van der Waals surface area contributed by atoms with Crippen molar-refractivity contribution in [2.75, 3.05) is 6.61 Å². The minimum absolute atomic E-state index is 0.137. The summed E-state index contributed by atoms with van der Waals surface area (Å²) in [5, 5.41) is 3.01. The summed E-state index contributed by atoms with van der Waals surface area (Å²) in [5.41, 5.74) is 1.15. The SMILES string of the molecule is CC(C)(C)NC(=O)C(Cc1ccccc1)N(Cc1ccc(F)cc1)C(=O)COc1ccc(Br)cc1. The Morgan fingerprint density at radius 3 is 2.17 bits per heavy atom. The van der Waals surface area contributed by atoms with Gasteiger partial charge in [0.15, 0.2) is 6.61 Å². The Morgan fingerprint density at radius 2 is 1.57 bits per heavy atom. The molecule has 3 aromatic carbocycles. The van der Waals surface area contributed by atoms with Gasteiger partial charge in [0.1, 0.15) is 17.6 Å². The van der Waals surface area contributed by atoms with Crippen LogP contribution in [0.2, 0.25) is 0 Å². The Labute approximate surface area is 214 Å². The van der Waals surface area contributed by atoms with E-state index < -0.39 is 11.6 Å². The van der Waals surface area contributed by atoms with Gasteiger partial charge in [-0.25, -0.2) is 4.39 Å². The van der Waals surface area contributed by atoms with Crippen molar-refractivity contribution in [3.8, 4) is 5.75 Å². The van der Waals surface area contributed by atoms with Crippen LogP contribution in [0.25, 0.3) is 0 Å². The van der Waals surface area contributed by atoms with Crippen molar-refractivity contribution in [2.45, 2.75) is 45.3 Å². The lowest BCUT2D eigenvalue weighted by Crippen LogP contribution is -2.55. The molecule has 0 heterocycles. The van der Waals surface area contributed by atoms with Gasteiger partial charge in [0.2, 0.25) is 5.91 Å². The summed E-state index contributed by atoms with van der Waals surface area (Å²) >= 11 is 3.38. The monoisotopic (exact) mass is 540 g/mol. The van der Waals surface area contributed by atoms with Gasteiger partial charge in [0, 0.05) is 23.0 Å². The number of hydrogen-bond acceptors (Lipinski definition) is 3. The summed E-state index contributed by atoms with van der Waals surface area (Å²) in [5.74, 6) is -0.429. The lowest BCUT2D eigenvalue weighted by molar-refractivity contribution is -0.143. The second kappa shape index (κ2) is 12.0. The molecule has 35 heavy (non-hydrogen) atoms. The van der Waals surface area contributed by atoms with E-state index in [1.165, 1.54) is 17.0 Å². The smallest absolute Gasteiger partial charge is 0.261 e. The number of carbonyl (C=O) groups excluding carboxylic acids is 2. The molecule has 0 spiro atoms. The van der Waals surface area contributed by atoms with Crippen molar-refractivity contribution >= 4 is 27.7 Å². The first kappa shape index (κ1) is 26.4. The molecule has 0 aromatic heterocycles. The first-order chi connectivity index (χ1) is 16.6. The van der Waals surface area contributed by atoms with Gasteiger partial charge in [0.25, 0.3) is 5.91 Å². The molecule has 0 radical (unpaired) electrons. The highest BCUT2D eigenvalue weighted by atomic mass is 79.9. The van der Waals surface area contributed by atoms with Crippen LogP contribution in [0, 0.1) is 5.82 Å². The Morgan fingerprint density at radius 1 is 0.943 bits per heavy atom. The van der Waals surface area contributed by atoms with Gasteiger partial charge in [-0.1, -0.05) is 58.4 Å². The zero-order valence-corrected chi connectivity index (χ0v) is 21.7. The predicted molar refractivity (Wildman–Crippen MR) is 138 cm³/mol. The molecular formula is C28H30BrFN2O3. The quantitative estimate of drug-likeness (QED) is 0.388. The second-order valence-corrected chi connectivity index (χ2v) is 10.3. The number of rotatable bonds is 9. The molecule has 3 rings (SSSR count). The maximum absolute atomic E-state index is 13.5. The number of nitrogens with zero attached hydrogens (tertiary/aromatic N) is 1. The summed E-state index contributed by atoms with van der Waals surface area (Å²) in [6.07, 6.45) is 0.327. The summed E-state index contributed by atoms with van der Waals surface area (Å²) in [6.45, 7) is 5.59. The van der Waals surface area contributed by atoms with E-state index in [1.54, 1.807) is 24.3 Å². The molecule has 1 N–H and O–H groups in total. The first-order valence-corrected chi connectivity index (χ1v) is 12.2. The maximum atomic E-state index is 13.5. The van der Waals surface area contributed by atoms with Gasteiger partial charge in [-0.3, -0.25) is 9.59 Å². The van der Waals surface area contributed by atoms with Crippen molar-refractivity contribution in [1.29, 1.82) is 0 Å². The first-order valence-electron chi connectivity index (χ1n) is 11.4. The van der Waals surface area contributed by atoms with Crippen LogP contribution in [0.3, 0.4) is 0 Å². The molecule has 1 unspecified atom stereocenters. The molecule has 7 heteroatoms. The van der Waals surface area contributed by atoms with Gasteiger partial charge in [-0.15, -0.1) is 0 Å². The average molecular weight is 541 g/mol. The molecule has 0 bridgehead atoms. The fourth-order valence-electron chi connectivity index (χ4n) is 3.55. The van der Waals surface area contributed by atoms with Crippen LogP contribution < -0.4 is 10.1 Å². The molecule has 184 valence electrons. The van der Waals surface area contributed by atoms with Gasteiger partial charge >= 0.3 is 0 Å². The van der Waals surface area contributed by atoms with E-state index in [0.29, 0.717) is 17.7 Å². The highest BCUT2D eigenvalue weighted by molar-refractivity contribution is 9.10. The van der Waals surface area contributed by atoms with Gasteiger partial charge < -0.3 is 15.0 Å². The van der Waals surface area contributed by atoms with Crippen LogP contribution in [0.15, 0.2) is 83.3 Å². The highest BCUT2D eigenvalue weighted by Crippen LogP contribution is 2.19. The molecular weight excluding hydrogens is 511 g/mol. The Balaban J connectivity index is 1.91. The van der Waals surface area contributed by atoms with Crippen molar-refractivity contribution in [2.24, 2.45) is 0 Å². The van der Waals surface area contributed by atoms with E-state index in [1.807, 2.05) is 63.2 Å². The molecule has 0 saturated carbocycles. The Hall–Kier alpha value is -3.19. The fraction of sp³-hybridized carbons (Fsp3) is 0.286. The minimum atomic E-state index is -0.789. The normalized spacial score (nSPS) is 12.0. The van der Waals surface area contributed by atoms with E-state index in [9.17, 15) is 14.0 Å². The lowest BCUT2D eigenvalue weighted by atomic mass is 10.0. The highest BCUT2D eigenvalue weighted by Gasteiger charge is 2.32. The summed E-state index contributed by atoms with van der Waals surface area (Å²) in [4.78, 5) is 28.5. The average Bonchev–Trinajstić information content (AvgIpc) is 2.81. The van der Waals surface area contributed by atoms with Crippen molar-refractivity contribution in [3.63, 3.8) is 0 Å². The molecule has 5 nitrogen and oxygen atoms in total. The molecule has 1 atom stereocenters. The van der Waals surface area contributed by atoms with Crippen LogP contribution in [-0.2, 0) is 22.6 Å². The number of amides is 2. The van der Waals surface area contributed by atoms with Crippen molar-refractivity contribution in [1.82, 2.24) is 10.2 Å². The number of nitrogens with one attached hydrogen (secondary N) is 1. The lowest BCUT2D eigenvalue weighted by Gasteiger charge is -2.33. The maximum Gasteiger partial charge on any atom is 0.261 e. The zero-order valence-electron chi connectivity index (χ0n) is 20.1. The van der Waals surface area contributed by atoms with E-state index >= 15 is 0 Å². The Bertz CT molecular complexity index is 1110. The summed E-state index contributed by atoms with van der Waals surface area (Å²) in [7, 11) is 0. The number of benzene rings is 3. The van der Waals surface area contributed by atoms with Gasteiger partial charge in [-0.05, 0) is 68.3 Å². The predicted octanol–water partition coefficient (Wildman–Crippen LogP) is 5.52. The third kappa shape index (κ3) is 8.51. The van der Waals surface area contributed by atoms with Crippen molar-refractivity contribution in [3.05, 3.63) is 100 Å². The second-order valence-electron chi connectivity index (χ2n) is 9.34. The Kier molecular flexibility index (Phi) is 9.04. The fourth-order valence-corrected chi connectivity index (χ4v) is 3.82. The molecule has 2 amide bonds. The van der Waals surface area contributed by atoms with E-state index in [0.717, 1.165) is 10.0 Å². The molecule has 0 saturated heterocycles. The number of hydrogen-bond donors (Lipinski definition) is 1. The minimum Gasteiger partial charge on any atom is -0.484 e. The van der Waals surface area contributed by atoms with E-state index in [4.69, 9.17) is 4.74 Å². The van der Waals surface area contributed by atoms with Crippen LogP contribution in [0.5, 0.6) is 5.75 Å². The van der Waals surface area contributed by atoms with E-state index in [2.05, 4.69) is 21.2 Å². The molecule has 0 aliphatic rings. The molecule has 0 aliphatic carbocycles. The number of halogens is 2.